The molecule has 1 aromatic heterocycles. The summed E-state index contributed by atoms with van der Waals surface area (Å²) in [5, 5.41) is 4.61. The van der Waals surface area contributed by atoms with Crippen molar-refractivity contribution in [2.75, 3.05) is 54.2 Å². The maximum Gasteiger partial charge on any atom is 0.409 e. The zero-order valence-corrected chi connectivity index (χ0v) is 25.6. The maximum absolute atomic E-state index is 13.1. The van der Waals surface area contributed by atoms with Crippen LogP contribution in [0.15, 0.2) is 36.4 Å². The molecule has 3 aromatic rings. The van der Waals surface area contributed by atoms with Crippen LogP contribution in [0.3, 0.4) is 0 Å². The third-order valence-electron chi connectivity index (χ3n) is 7.42. The van der Waals surface area contributed by atoms with Gasteiger partial charge in [-0.2, -0.15) is 4.37 Å². The van der Waals surface area contributed by atoms with Gasteiger partial charge in [-0.25, -0.2) is 4.79 Å². The van der Waals surface area contributed by atoms with Crippen molar-refractivity contribution in [2.24, 2.45) is 5.92 Å². The van der Waals surface area contributed by atoms with Gasteiger partial charge in [0.25, 0.3) is 0 Å². The first-order chi connectivity index (χ1) is 19.4. The Bertz CT molecular complexity index is 1360. The van der Waals surface area contributed by atoms with Crippen LogP contribution in [0, 0.1) is 5.92 Å². The summed E-state index contributed by atoms with van der Waals surface area (Å²) in [5.74, 6) is 2.29. The number of hydrogen-bond acceptors (Lipinski definition) is 8. The lowest BCUT2D eigenvalue weighted by molar-refractivity contribution is -0.119. The lowest BCUT2D eigenvalue weighted by atomic mass is 10.0. The molecule has 1 fully saturated rings. The van der Waals surface area contributed by atoms with E-state index in [9.17, 15) is 9.59 Å². The molecule has 2 aliphatic rings. The average molecular weight is 602 g/mol. The summed E-state index contributed by atoms with van der Waals surface area (Å²) >= 11 is 9.92. The van der Waals surface area contributed by atoms with Crippen LogP contribution < -0.4 is 15.1 Å². The van der Waals surface area contributed by atoms with Crippen molar-refractivity contribution in [1.82, 2.24) is 14.6 Å². The number of nitrogens with zero attached hydrogens (tertiary/aromatic N) is 4. The minimum absolute atomic E-state index is 0.0802. The molecule has 0 saturated carbocycles. The van der Waals surface area contributed by atoms with E-state index in [1.807, 2.05) is 26.8 Å². The van der Waals surface area contributed by atoms with Crippen LogP contribution in [0.5, 0.6) is 0 Å². The van der Waals surface area contributed by atoms with Gasteiger partial charge >= 0.3 is 6.09 Å². The second-order valence-electron chi connectivity index (χ2n) is 10.4. The topological polar surface area (TPSA) is 78.0 Å². The number of alkyl carbamates (subject to hydrolysis) is 1. The number of aromatic nitrogens is 1. The first kappa shape index (κ1) is 29.0. The SMILES string of the molecule is CCSCNC(=O)OC(C(C)C)N1C(=O)Cc2cc(CCN3CCN(c4nsc5ccccc45)CC3)c(Cl)cc21. The third-order valence-corrected chi connectivity index (χ3v) is 9.35. The van der Waals surface area contributed by atoms with E-state index in [1.54, 1.807) is 28.2 Å². The second kappa shape index (κ2) is 13.0. The van der Waals surface area contributed by atoms with Crippen molar-refractivity contribution in [3.05, 3.63) is 52.5 Å². The first-order valence-corrected chi connectivity index (χ1v) is 16.1. The van der Waals surface area contributed by atoms with Crippen LogP contribution in [0.2, 0.25) is 5.02 Å². The zero-order chi connectivity index (χ0) is 28.2. The molecule has 0 spiro atoms. The highest BCUT2D eigenvalue weighted by Gasteiger charge is 2.37. The fourth-order valence-corrected chi connectivity index (χ4v) is 6.76. The molecule has 1 atom stereocenters. The molecule has 1 N–H and O–H groups in total. The lowest BCUT2D eigenvalue weighted by Gasteiger charge is -2.35. The van der Waals surface area contributed by atoms with Crippen molar-refractivity contribution < 1.29 is 14.3 Å². The molecule has 3 heterocycles. The fourth-order valence-electron chi connectivity index (χ4n) is 5.29. The molecule has 5 rings (SSSR count). The minimum atomic E-state index is -0.701. The van der Waals surface area contributed by atoms with E-state index in [-0.39, 0.29) is 18.2 Å². The van der Waals surface area contributed by atoms with E-state index < -0.39 is 12.3 Å². The van der Waals surface area contributed by atoms with Crippen LogP contribution in [-0.4, -0.2) is 71.9 Å². The Kier molecular flexibility index (Phi) is 9.40. The number of halogens is 1. The Balaban J connectivity index is 1.20. The Hall–Kier alpha value is -2.53. The quantitative estimate of drug-likeness (QED) is 0.239. The number of amides is 2. The molecule has 0 aliphatic carbocycles. The molecular formula is C29H36ClN5O3S2. The number of benzene rings is 2. The van der Waals surface area contributed by atoms with E-state index in [2.05, 4.69) is 45.4 Å². The van der Waals surface area contributed by atoms with E-state index >= 15 is 0 Å². The van der Waals surface area contributed by atoms with Crippen LogP contribution >= 0.6 is 34.9 Å². The number of nitrogens with one attached hydrogen (secondary N) is 1. The molecule has 2 aliphatic heterocycles. The number of thioether (sulfide) groups is 1. The number of fused-ring (bicyclic) bond motifs is 2. The summed E-state index contributed by atoms with van der Waals surface area (Å²) in [6.45, 7) is 10.6. The molecule has 40 heavy (non-hydrogen) atoms. The van der Waals surface area contributed by atoms with E-state index in [0.29, 0.717) is 10.9 Å². The summed E-state index contributed by atoms with van der Waals surface area (Å²) in [4.78, 5) is 31.9. The predicted octanol–water partition coefficient (Wildman–Crippen LogP) is 5.62. The summed E-state index contributed by atoms with van der Waals surface area (Å²) in [7, 11) is 0. The number of carbonyl (C=O) groups excluding carboxylic acids is 2. The highest BCUT2D eigenvalue weighted by Crippen LogP contribution is 2.37. The van der Waals surface area contributed by atoms with Gasteiger partial charge in [-0.3, -0.25) is 14.6 Å². The van der Waals surface area contributed by atoms with Gasteiger partial charge in [-0.05, 0) is 53.0 Å². The Morgan fingerprint density at radius 2 is 1.98 bits per heavy atom. The zero-order valence-electron chi connectivity index (χ0n) is 23.2. The lowest BCUT2D eigenvalue weighted by Crippen LogP contribution is -2.47. The van der Waals surface area contributed by atoms with Crippen LogP contribution in [-0.2, 0) is 22.4 Å². The second-order valence-corrected chi connectivity index (χ2v) is 12.9. The van der Waals surface area contributed by atoms with Gasteiger partial charge in [-0.1, -0.05) is 50.6 Å². The van der Waals surface area contributed by atoms with E-state index in [0.717, 1.165) is 67.5 Å². The molecule has 2 amide bonds. The highest BCUT2D eigenvalue weighted by atomic mass is 35.5. The molecule has 8 nitrogen and oxygen atoms in total. The predicted molar refractivity (Wildman–Crippen MR) is 166 cm³/mol. The standard InChI is InChI=1S/C29H36ClN5O3S2/c1-4-39-18-31-29(37)38-28(19(2)3)35-24-17-23(30)20(15-21(24)16-26(35)36)9-10-33-11-13-34(14-12-33)27-22-7-5-6-8-25(22)40-32-27/h5-8,15,17,19,28H,4,9-14,16,18H2,1-3H3,(H,31,37). The molecule has 2 aromatic carbocycles. The average Bonchev–Trinajstić information content (AvgIpc) is 3.51. The fraction of sp³-hybridized carbons (Fsp3) is 0.483. The van der Waals surface area contributed by atoms with Crippen molar-refractivity contribution in [3.63, 3.8) is 0 Å². The third kappa shape index (κ3) is 6.35. The number of piperazine rings is 1. The normalized spacial score (nSPS) is 16.6. The Morgan fingerprint density at radius 1 is 1.20 bits per heavy atom. The number of rotatable bonds is 10. The number of anilines is 2. The highest BCUT2D eigenvalue weighted by molar-refractivity contribution is 7.99. The van der Waals surface area contributed by atoms with E-state index in [4.69, 9.17) is 20.7 Å². The van der Waals surface area contributed by atoms with Gasteiger partial charge in [0, 0.05) is 49.1 Å². The Labute approximate surface area is 249 Å². The molecule has 0 radical (unpaired) electrons. The number of hydrogen-bond donors (Lipinski definition) is 1. The monoisotopic (exact) mass is 601 g/mol. The van der Waals surface area contributed by atoms with Crippen molar-refractivity contribution in [1.29, 1.82) is 0 Å². The molecule has 1 saturated heterocycles. The van der Waals surface area contributed by atoms with Crippen molar-refractivity contribution in [2.45, 2.75) is 39.8 Å². The van der Waals surface area contributed by atoms with Gasteiger partial charge in [0.15, 0.2) is 6.23 Å². The summed E-state index contributed by atoms with van der Waals surface area (Å²) < 4.78 is 11.7. The van der Waals surface area contributed by atoms with Crippen molar-refractivity contribution in [3.8, 4) is 0 Å². The van der Waals surface area contributed by atoms with Gasteiger partial charge in [0.2, 0.25) is 5.91 Å². The van der Waals surface area contributed by atoms with Gasteiger partial charge in [0.05, 0.1) is 22.7 Å². The van der Waals surface area contributed by atoms with E-state index in [1.165, 1.54) is 10.1 Å². The van der Waals surface area contributed by atoms with Gasteiger partial charge < -0.3 is 15.0 Å². The smallest absolute Gasteiger partial charge is 0.409 e. The largest absolute Gasteiger partial charge is 0.425 e. The molecule has 11 heteroatoms. The summed E-state index contributed by atoms with van der Waals surface area (Å²) in [5.41, 5.74) is 2.71. The summed E-state index contributed by atoms with van der Waals surface area (Å²) in [6.07, 6.45) is -0.138. The molecular weight excluding hydrogens is 566 g/mol. The van der Waals surface area contributed by atoms with Crippen LogP contribution in [0.25, 0.3) is 10.1 Å². The Morgan fingerprint density at radius 3 is 2.73 bits per heavy atom. The maximum atomic E-state index is 13.1. The molecule has 214 valence electrons. The molecule has 1 unspecified atom stereocenters. The van der Waals surface area contributed by atoms with Gasteiger partial charge in [-0.15, -0.1) is 11.8 Å². The molecule has 0 bridgehead atoms. The number of carbonyl (C=O) groups is 2. The first-order valence-electron chi connectivity index (χ1n) is 13.8. The van der Waals surface area contributed by atoms with Gasteiger partial charge in [0.1, 0.15) is 5.82 Å². The van der Waals surface area contributed by atoms with Crippen LogP contribution in [0.4, 0.5) is 16.3 Å². The van der Waals surface area contributed by atoms with Crippen LogP contribution in [0.1, 0.15) is 31.9 Å². The summed E-state index contributed by atoms with van der Waals surface area (Å²) in [6, 6.07) is 12.3. The number of ether oxygens (including phenoxy) is 1. The minimum Gasteiger partial charge on any atom is -0.425 e. The van der Waals surface area contributed by atoms with Crippen molar-refractivity contribution >= 4 is 68.5 Å².